The predicted octanol–water partition coefficient (Wildman–Crippen LogP) is 24.7. The summed E-state index contributed by atoms with van der Waals surface area (Å²) in [5, 5.41) is 10.7. The molecule has 19 heteroatoms. The van der Waals surface area contributed by atoms with Crippen molar-refractivity contribution < 1.29 is 80.2 Å². The summed E-state index contributed by atoms with van der Waals surface area (Å²) in [7, 11) is -9.92. The van der Waals surface area contributed by atoms with Gasteiger partial charge in [0.05, 0.1) is 26.4 Å². The molecule has 600 valence electrons. The van der Waals surface area contributed by atoms with Crippen molar-refractivity contribution in [3.05, 3.63) is 0 Å². The van der Waals surface area contributed by atoms with Crippen LogP contribution in [0.4, 0.5) is 0 Å². The zero-order chi connectivity index (χ0) is 74.2. The normalized spacial score (nSPS) is 13.9. The van der Waals surface area contributed by atoms with Crippen molar-refractivity contribution in [3.63, 3.8) is 0 Å². The van der Waals surface area contributed by atoms with Gasteiger partial charge in [0.2, 0.25) is 0 Å². The molecule has 0 amide bonds. The third-order valence-electron chi connectivity index (χ3n) is 19.2. The van der Waals surface area contributed by atoms with Crippen LogP contribution in [0.1, 0.15) is 433 Å². The van der Waals surface area contributed by atoms with Gasteiger partial charge in [0, 0.05) is 25.7 Å². The minimum atomic E-state index is -4.96. The van der Waals surface area contributed by atoms with Crippen LogP contribution in [0.5, 0.6) is 0 Å². The van der Waals surface area contributed by atoms with Gasteiger partial charge in [-0.15, -0.1) is 0 Å². The summed E-state index contributed by atoms with van der Waals surface area (Å²) in [6.45, 7) is 9.67. The predicted molar refractivity (Wildman–Crippen MR) is 414 cm³/mol. The van der Waals surface area contributed by atoms with Crippen molar-refractivity contribution >= 4 is 39.5 Å². The van der Waals surface area contributed by atoms with E-state index in [1.54, 1.807) is 0 Å². The van der Waals surface area contributed by atoms with Crippen LogP contribution in [0.15, 0.2) is 0 Å². The van der Waals surface area contributed by atoms with Gasteiger partial charge in [0.25, 0.3) is 0 Å². The van der Waals surface area contributed by atoms with Gasteiger partial charge in [0.1, 0.15) is 19.3 Å². The number of hydrogen-bond donors (Lipinski definition) is 3. The van der Waals surface area contributed by atoms with E-state index in [1.165, 1.54) is 250 Å². The van der Waals surface area contributed by atoms with E-state index in [0.29, 0.717) is 25.7 Å². The molecule has 0 aliphatic rings. The Hall–Kier alpha value is -1.94. The summed E-state index contributed by atoms with van der Waals surface area (Å²) in [4.78, 5) is 73.1. The molecule has 0 saturated heterocycles. The largest absolute Gasteiger partial charge is 0.472 e. The van der Waals surface area contributed by atoms with Crippen LogP contribution < -0.4 is 0 Å². The molecule has 101 heavy (non-hydrogen) atoms. The number of carbonyl (C=O) groups excluding carboxylic acids is 4. The average molecular weight is 1480 g/mol. The molecule has 0 spiro atoms. The highest BCUT2D eigenvalue weighted by Crippen LogP contribution is 2.45. The molecule has 3 N–H and O–H groups in total. The van der Waals surface area contributed by atoms with Gasteiger partial charge < -0.3 is 33.8 Å². The number of unbranched alkanes of at least 4 members (excludes halogenated alkanes) is 51. The van der Waals surface area contributed by atoms with Gasteiger partial charge in [-0.1, -0.05) is 382 Å². The van der Waals surface area contributed by atoms with Crippen molar-refractivity contribution in [2.75, 3.05) is 39.6 Å². The number of phosphoric acid groups is 2. The molecule has 0 aliphatic carbocycles. The molecule has 0 rings (SSSR count). The lowest BCUT2D eigenvalue weighted by atomic mass is 10.0. The molecule has 0 aliphatic heterocycles. The lowest BCUT2D eigenvalue weighted by molar-refractivity contribution is -0.161. The molecule has 0 bridgehead atoms. The Labute approximate surface area is 619 Å². The number of aliphatic hydroxyl groups is 1. The third kappa shape index (κ3) is 76.1. The number of esters is 4. The van der Waals surface area contributed by atoms with Gasteiger partial charge in [-0.25, -0.2) is 9.13 Å². The lowest BCUT2D eigenvalue weighted by Crippen LogP contribution is -2.30. The minimum Gasteiger partial charge on any atom is -0.462 e. The van der Waals surface area contributed by atoms with E-state index < -0.39 is 97.5 Å². The Morgan fingerprint density at radius 3 is 0.673 bits per heavy atom. The molecule has 0 radical (unpaired) electrons. The second-order valence-electron chi connectivity index (χ2n) is 30.5. The van der Waals surface area contributed by atoms with Gasteiger partial charge in [0.15, 0.2) is 12.2 Å². The van der Waals surface area contributed by atoms with Crippen LogP contribution in [0, 0.1) is 11.8 Å². The monoisotopic (exact) mass is 1480 g/mol. The SMILES string of the molecule is CCCCCCCCCCCCCCCCCCCCCC(=O)O[C@H](COC(=O)CCCCCCCCCCCCCCC(C)C)COP(=O)(O)OC[C@@H](O)COP(=O)(O)OC[C@@H](COC(=O)CCCCCCCCCCCCCC)OC(=O)CCCCCCCCCCCCCCC(C)C. The maximum absolute atomic E-state index is 13.1. The highest BCUT2D eigenvalue weighted by molar-refractivity contribution is 7.47. The highest BCUT2D eigenvalue weighted by Gasteiger charge is 2.30. The summed E-state index contributed by atoms with van der Waals surface area (Å²) in [5.74, 6) is -0.547. The first-order valence-corrected chi connectivity index (χ1v) is 45.5. The number of rotatable bonds is 81. The quantitative estimate of drug-likeness (QED) is 0.0222. The Morgan fingerprint density at radius 2 is 0.455 bits per heavy atom. The molecular formula is C82H160O17P2. The van der Waals surface area contributed by atoms with E-state index in [4.69, 9.17) is 37.0 Å². The van der Waals surface area contributed by atoms with Crippen LogP contribution >= 0.6 is 15.6 Å². The topological polar surface area (TPSA) is 237 Å². The standard InChI is InChI=1S/C82H160O17P2/c1-7-9-11-13-15-17-19-21-22-23-24-25-26-27-36-42-48-54-60-66-81(86)98-78(71-93-80(85)65-59-53-47-41-35-30-28-32-38-44-50-56-62-74(3)4)73-97-101(90,91)95-69-76(83)68-94-100(88,89)96-72-77(70-92-79(84)64-58-52-46-40-34-20-18-16-14-12-10-8-2)99-82(87)67-61-55-49-43-37-31-29-33-39-45-51-57-63-75(5)6/h74-78,83H,7-73H2,1-6H3,(H,88,89)(H,90,91)/t76-,77+,78+/m0/s1. The number of hydrogen-bond acceptors (Lipinski definition) is 15. The summed E-state index contributed by atoms with van der Waals surface area (Å²) in [5.41, 5.74) is 0. The molecule has 17 nitrogen and oxygen atoms in total. The van der Waals surface area contributed by atoms with Crippen LogP contribution in [0.2, 0.25) is 0 Å². The molecule has 5 atom stereocenters. The molecule has 0 heterocycles. The van der Waals surface area contributed by atoms with Crippen molar-refractivity contribution in [1.29, 1.82) is 0 Å². The first-order chi connectivity index (χ1) is 48.9. The zero-order valence-electron chi connectivity index (χ0n) is 66.2. The van der Waals surface area contributed by atoms with Gasteiger partial charge in [-0.3, -0.25) is 37.3 Å². The summed E-state index contributed by atoms with van der Waals surface area (Å²) < 4.78 is 68.8. The van der Waals surface area contributed by atoms with E-state index in [-0.39, 0.29) is 25.7 Å². The highest BCUT2D eigenvalue weighted by atomic mass is 31.2. The number of phosphoric ester groups is 2. The Morgan fingerprint density at radius 1 is 0.267 bits per heavy atom. The zero-order valence-corrected chi connectivity index (χ0v) is 68.0. The maximum Gasteiger partial charge on any atom is 0.472 e. The summed E-state index contributed by atoms with van der Waals surface area (Å²) >= 11 is 0. The molecular weight excluding hydrogens is 1320 g/mol. The second kappa shape index (κ2) is 73.6. The first-order valence-electron chi connectivity index (χ1n) is 42.5. The first kappa shape index (κ1) is 99.1. The van der Waals surface area contributed by atoms with Gasteiger partial charge >= 0.3 is 39.5 Å². The lowest BCUT2D eigenvalue weighted by Gasteiger charge is -2.21. The van der Waals surface area contributed by atoms with E-state index in [9.17, 15) is 43.2 Å². The van der Waals surface area contributed by atoms with Crippen LogP contribution in [0.25, 0.3) is 0 Å². The Kier molecular flexibility index (Phi) is 72.2. The average Bonchev–Trinajstić information content (AvgIpc) is 0.953. The van der Waals surface area contributed by atoms with E-state index >= 15 is 0 Å². The van der Waals surface area contributed by atoms with Gasteiger partial charge in [-0.2, -0.15) is 0 Å². The van der Waals surface area contributed by atoms with Gasteiger partial charge in [-0.05, 0) is 37.5 Å². The van der Waals surface area contributed by atoms with E-state index in [0.717, 1.165) is 102 Å². The van der Waals surface area contributed by atoms with Crippen molar-refractivity contribution in [1.82, 2.24) is 0 Å². The number of aliphatic hydroxyl groups excluding tert-OH is 1. The molecule has 0 aromatic heterocycles. The van der Waals surface area contributed by atoms with Crippen LogP contribution in [-0.2, 0) is 65.4 Å². The molecule has 0 aromatic carbocycles. The smallest absolute Gasteiger partial charge is 0.462 e. The van der Waals surface area contributed by atoms with Crippen LogP contribution in [-0.4, -0.2) is 96.7 Å². The number of ether oxygens (including phenoxy) is 4. The Bertz CT molecular complexity index is 1940. The fourth-order valence-electron chi connectivity index (χ4n) is 12.7. The third-order valence-corrected chi connectivity index (χ3v) is 21.1. The Balaban J connectivity index is 5.26. The fraction of sp³-hybridized carbons (Fsp3) is 0.951. The van der Waals surface area contributed by atoms with E-state index in [1.807, 2.05) is 0 Å². The molecule has 2 unspecified atom stereocenters. The summed E-state index contributed by atoms with van der Waals surface area (Å²) in [6.07, 6.45) is 63.7. The van der Waals surface area contributed by atoms with E-state index in [2.05, 4.69) is 41.5 Å². The minimum absolute atomic E-state index is 0.107. The number of carbonyl (C=O) groups is 4. The second-order valence-corrected chi connectivity index (χ2v) is 33.4. The van der Waals surface area contributed by atoms with Crippen molar-refractivity contribution in [3.8, 4) is 0 Å². The molecule has 0 aromatic rings. The molecule has 0 fully saturated rings. The molecule has 0 saturated carbocycles. The van der Waals surface area contributed by atoms with Crippen LogP contribution in [0.3, 0.4) is 0 Å². The summed E-state index contributed by atoms with van der Waals surface area (Å²) in [6, 6.07) is 0. The fourth-order valence-corrected chi connectivity index (χ4v) is 14.3. The van der Waals surface area contributed by atoms with Crippen molar-refractivity contribution in [2.45, 2.75) is 452 Å². The maximum atomic E-state index is 13.1. The van der Waals surface area contributed by atoms with Crippen molar-refractivity contribution in [2.24, 2.45) is 11.8 Å².